The fourth-order valence-corrected chi connectivity index (χ4v) is 2.57. The van der Waals surface area contributed by atoms with Crippen molar-refractivity contribution < 1.29 is 18.3 Å². The Labute approximate surface area is 121 Å². The van der Waals surface area contributed by atoms with E-state index in [1.54, 1.807) is 18.2 Å². The Morgan fingerprint density at radius 1 is 1.05 bits per heavy atom. The van der Waals surface area contributed by atoms with E-state index in [2.05, 4.69) is 0 Å². The average Bonchev–Trinajstić information content (AvgIpc) is 2.49. The number of ether oxygens (including phenoxy) is 1. The minimum Gasteiger partial charge on any atom is -0.489 e. The van der Waals surface area contributed by atoms with Crippen molar-refractivity contribution in [3.05, 3.63) is 64.7 Å². The maximum Gasteiger partial charge on any atom is 0.163 e. The van der Waals surface area contributed by atoms with Gasteiger partial charge in [0.1, 0.15) is 12.4 Å². The third-order valence-electron chi connectivity index (χ3n) is 3.64. The van der Waals surface area contributed by atoms with Gasteiger partial charge in [0.15, 0.2) is 17.4 Å². The molecule has 0 amide bonds. The molecule has 0 N–H and O–H groups in total. The molecular formula is C17H14F2O2. The van der Waals surface area contributed by atoms with Gasteiger partial charge in [-0.3, -0.25) is 4.79 Å². The first-order valence-electron chi connectivity index (χ1n) is 6.87. The van der Waals surface area contributed by atoms with Gasteiger partial charge in [-0.05, 0) is 36.6 Å². The monoisotopic (exact) mass is 288 g/mol. The van der Waals surface area contributed by atoms with Gasteiger partial charge < -0.3 is 4.74 Å². The predicted octanol–water partition coefficient (Wildman–Crippen LogP) is 4.06. The zero-order valence-electron chi connectivity index (χ0n) is 11.4. The molecule has 2 aromatic carbocycles. The Bertz CT molecular complexity index is 695. The third kappa shape index (κ3) is 2.79. The summed E-state index contributed by atoms with van der Waals surface area (Å²) in [6, 6.07) is 9.08. The summed E-state index contributed by atoms with van der Waals surface area (Å²) in [5.74, 6) is -0.984. The summed E-state index contributed by atoms with van der Waals surface area (Å²) in [7, 11) is 0. The summed E-state index contributed by atoms with van der Waals surface area (Å²) in [5.41, 5.74) is 2.18. The molecule has 0 unspecified atom stereocenters. The number of Topliss-reactive ketones (excluding diaryl/α,β-unsaturated/α-hetero) is 1. The van der Waals surface area contributed by atoms with Gasteiger partial charge >= 0.3 is 0 Å². The minimum absolute atomic E-state index is 0.134. The van der Waals surface area contributed by atoms with Gasteiger partial charge in [-0.2, -0.15) is 0 Å². The average molecular weight is 288 g/mol. The summed E-state index contributed by atoms with van der Waals surface area (Å²) < 4.78 is 31.7. The molecule has 4 heteroatoms. The number of fused-ring (bicyclic) bond motifs is 1. The van der Waals surface area contributed by atoms with E-state index in [4.69, 9.17) is 4.74 Å². The van der Waals surface area contributed by atoms with Crippen molar-refractivity contribution in [2.75, 3.05) is 0 Å². The lowest BCUT2D eigenvalue weighted by molar-refractivity contribution is 0.0971. The smallest absolute Gasteiger partial charge is 0.163 e. The van der Waals surface area contributed by atoms with Crippen molar-refractivity contribution in [2.24, 2.45) is 0 Å². The second kappa shape index (κ2) is 5.64. The normalized spacial score (nSPS) is 13.9. The summed E-state index contributed by atoms with van der Waals surface area (Å²) in [5, 5.41) is 0. The van der Waals surface area contributed by atoms with Crippen molar-refractivity contribution in [3.8, 4) is 5.75 Å². The van der Waals surface area contributed by atoms with Crippen LogP contribution in [0, 0.1) is 11.6 Å². The van der Waals surface area contributed by atoms with Gasteiger partial charge in [-0.25, -0.2) is 8.78 Å². The van der Waals surface area contributed by atoms with Crippen molar-refractivity contribution in [2.45, 2.75) is 25.9 Å². The van der Waals surface area contributed by atoms with Crippen LogP contribution in [0.4, 0.5) is 8.78 Å². The Morgan fingerprint density at radius 3 is 2.71 bits per heavy atom. The Morgan fingerprint density at radius 2 is 1.90 bits per heavy atom. The summed E-state index contributed by atoms with van der Waals surface area (Å²) in [4.78, 5) is 11.8. The Balaban J connectivity index is 1.81. The number of carbonyl (C=O) groups excluding carboxylic acids is 1. The van der Waals surface area contributed by atoms with Crippen LogP contribution >= 0.6 is 0 Å². The molecule has 21 heavy (non-hydrogen) atoms. The van der Waals surface area contributed by atoms with E-state index < -0.39 is 11.6 Å². The molecule has 1 aliphatic rings. The first kappa shape index (κ1) is 13.7. The molecule has 2 aromatic rings. The lowest BCUT2D eigenvalue weighted by Gasteiger charge is -2.18. The van der Waals surface area contributed by atoms with E-state index in [0.29, 0.717) is 23.3 Å². The van der Waals surface area contributed by atoms with Gasteiger partial charge in [0, 0.05) is 17.5 Å². The lowest BCUT2D eigenvalue weighted by atomic mass is 9.90. The van der Waals surface area contributed by atoms with Crippen molar-refractivity contribution >= 4 is 5.78 Å². The number of halogens is 2. The fraction of sp³-hybridized carbons (Fsp3) is 0.235. The molecule has 1 aliphatic carbocycles. The van der Waals surface area contributed by atoms with Crippen molar-refractivity contribution in [3.63, 3.8) is 0 Å². The van der Waals surface area contributed by atoms with Gasteiger partial charge in [0.25, 0.3) is 0 Å². The Hall–Kier alpha value is -2.23. The largest absolute Gasteiger partial charge is 0.489 e. The first-order valence-corrected chi connectivity index (χ1v) is 6.87. The molecule has 0 bridgehead atoms. The highest BCUT2D eigenvalue weighted by atomic mass is 19.2. The van der Waals surface area contributed by atoms with E-state index in [0.717, 1.165) is 30.5 Å². The van der Waals surface area contributed by atoms with Crippen LogP contribution in [0.2, 0.25) is 0 Å². The van der Waals surface area contributed by atoms with E-state index in [1.165, 1.54) is 6.07 Å². The van der Waals surface area contributed by atoms with Crippen LogP contribution in [0.3, 0.4) is 0 Å². The fourth-order valence-electron chi connectivity index (χ4n) is 2.57. The lowest BCUT2D eigenvalue weighted by Crippen LogP contribution is -2.12. The highest BCUT2D eigenvalue weighted by Gasteiger charge is 2.20. The van der Waals surface area contributed by atoms with Gasteiger partial charge in [0.2, 0.25) is 0 Å². The number of carbonyl (C=O) groups is 1. The highest BCUT2D eigenvalue weighted by molar-refractivity contribution is 5.99. The van der Waals surface area contributed by atoms with Crippen LogP contribution in [-0.2, 0) is 13.0 Å². The zero-order chi connectivity index (χ0) is 14.8. The molecule has 0 aromatic heterocycles. The molecule has 3 rings (SSSR count). The van der Waals surface area contributed by atoms with Crippen molar-refractivity contribution in [1.82, 2.24) is 0 Å². The quantitative estimate of drug-likeness (QED) is 0.851. The molecule has 0 heterocycles. The number of hydrogen-bond acceptors (Lipinski definition) is 2. The van der Waals surface area contributed by atoms with Crippen LogP contribution < -0.4 is 4.74 Å². The van der Waals surface area contributed by atoms with Gasteiger partial charge in [-0.1, -0.05) is 18.2 Å². The molecule has 108 valence electrons. The predicted molar refractivity (Wildman–Crippen MR) is 74.4 cm³/mol. The zero-order valence-corrected chi connectivity index (χ0v) is 11.4. The maximum atomic E-state index is 13.2. The SMILES string of the molecule is O=C1CCCc2c(OCc3ccc(F)c(F)c3)cccc21. The molecule has 0 spiro atoms. The Kier molecular flexibility index (Phi) is 3.69. The van der Waals surface area contributed by atoms with E-state index in [1.807, 2.05) is 0 Å². The number of hydrogen-bond donors (Lipinski definition) is 0. The summed E-state index contributed by atoms with van der Waals surface area (Å²) >= 11 is 0. The third-order valence-corrected chi connectivity index (χ3v) is 3.64. The van der Waals surface area contributed by atoms with Crippen LogP contribution in [0.25, 0.3) is 0 Å². The van der Waals surface area contributed by atoms with Crippen LogP contribution in [-0.4, -0.2) is 5.78 Å². The molecule has 0 atom stereocenters. The number of benzene rings is 2. The second-order valence-electron chi connectivity index (χ2n) is 5.10. The molecule has 0 saturated heterocycles. The molecule has 2 nitrogen and oxygen atoms in total. The molecule has 0 saturated carbocycles. The second-order valence-corrected chi connectivity index (χ2v) is 5.10. The minimum atomic E-state index is -0.888. The van der Waals surface area contributed by atoms with Gasteiger partial charge in [-0.15, -0.1) is 0 Å². The van der Waals surface area contributed by atoms with E-state index >= 15 is 0 Å². The van der Waals surface area contributed by atoms with Crippen LogP contribution in [0.15, 0.2) is 36.4 Å². The molecule has 0 radical (unpaired) electrons. The standard InChI is InChI=1S/C17H14F2O2/c18-14-8-7-11(9-15(14)19)10-21-17-6-2-3-12-13(17)4-1-5-16(12)20/h2-3,6-9H,1,4-5,10H2. The number of rotatable bonds is 3. The number of ketones is 1. The van der Waals surface area contributed by atoms with Crippen molar-refractivity contribution in [1.29, 1.82) is 0 Å². The molecular weight excluding hydrogens is 274 g/mol. The topological polar surface area (TPSA) is 26.3 Å². The highest BCUT2D eigenvalue weighted by Crippen LogP contribution is 2.30. The molecule has 0 aliphatic heterocycles. The van der Waals surface area contributed by atoms with Crippen LogP contribution in [0.1, 0.15) is 34.3 Å². The van der Waals surface area contributed by atoms with Gasteiger partial charge in [0.05, 0.1) is 0 Å². The van der Waals surface area contributed by atoms with E-state index in [-0.39, 0.29) is 12.4 Å². The van der Waals surface area contributed by atoms with Crippen LogP contribution in [0.5, 0.6) is 5.75 Å². The summed E-state index contributed by atoms with van der Waals surface area (Å²) in [6.07, 6.45) is 2.19. The first-order chi connectivity index (χ1) is 10.1. The molecule has 0 fully saturated rings. The summed E-state index contributed by atoms with van der Waals surface area (Å²) in [6.45, 7) is 0.141. The van der Waals surface area contributed by atoms with E-state index in [9.17, 15) is 13.6 Å². The maximum absolute atomic E-state index is 13.2.